The highest BCUT2D eigenvalue weighted by Gasteiger charge is 2.70. The summed E-state index contributed by atoms with van der Waals surface area (Å²) in [5, 5.41) is 6.14. The van der Waals surface area contributed by atoms with Crippen LogP contribution in [-0.2, 0) is 26.3 Å². The van der Waals surface area contributed by atoms with Gasteiger partial charge in [-0.15, -0.1) is 0 Å². The molecule has 3 heterocycles. The third kappa shape index (κ3) is 2.83. The van der Waals surface area contributed by atoms with E-state index in [0.717, 1.165) is 12.0 Å². The lowest BCUT2D eigenvalue weighted by Crippen LogP contribution is -2.53. The minimum Gasteiger partial charge on any atom is -0.324 e. The maximum atomic E-state index is 14.2. The number of amides is 3. The van der Waals surface area contributed by atoms with Crippen molar-refractivity contribution in [2.45, 2.75) is 37.8 Å². The van der Waals surface area contributed by atoms with Gasteiger partial charge in [-0.05, 0) is 36.6 Å². The number of nitrogens with zero attached hydrogens (tertiary/aromatic N) is 1. The van der Waals surface area contributed by atoms with Gasteiger partial charge in [0.15, 0.2) is 0 Å². The number of hydrogen-bond donors (Lipinski definition) is 2. The van der Waals surface area contributed by atoms with Crippen molar-refractivity contribution < 1.29 is 18.8 Å². The van der Waals surface area contributed by atoms with E-state index in [9.17, 15) is 18.8 Å². The highest BCUT2D eigenvalue weighted by Crippen LogP contribution is 2.53. The molecule has 0 unspecified atom stereocenters. The van der Waals surface area contributed by atoms with Crippen molar-refractivity contribution in [1.82, 2.24) is 10.2 Å². The van der Waals surface area contributed by atoms with E-state index in [1.807, 2.05) is 37.3 Å². The first-order valence-electron chi connectivity index (χ1n) is 10.8. The number of fused-ring (bicyclic) bond motifs is 4. The van der Waals surface area contributed by atoms with Crippen LogP contribution in [0.25, 0.3) is 0 Å². The van der Waals surface area contributed by atoms with Gasteiger partial charge in [-0.2, -0.15) is 0 Å². The van der Waals surface area contributed by atoms with Gasteiger partial charge in [-0.3, -0.25) is 24.6 Å². The first-order valence-corrected chi connectivity index (χ1v) is 10.8. The summed E-state index contributed by atoms with van der Waals surface area (Å²) in [6.45, 7) is 2.34. The number of unbranched alkanes of at least 4 members (excludes halogenated alkanes) is 1. The molecule has 0 saturated carbocycles. The maximum Gasteiger partial charge on any atom is 0.250 e. The van der Waals surface area contributed by atoms with Crippen molar-refractivity contribution in [3.63, 3.8) is 0 Å². The summed E-state index contributed by atoms with van der Waals surface area (Å²) in [7, 11) is 0. The molecule has 1 spiro atoms. The Hall–Kier alpha value is -3.06. The largest absolute Gasteiger partial charge is 0.324 e. The SMILES string of the molecule is CCCCN1C(=O)[C@@H]2[C@H](Cc3ccccc3)N[C@@]3(C(=O)Nc4ccc(F)cc43)[C@@H]2C1=O. The Morgan fingerprint density at radius 2 is 1.84 bits per heavy atom. The molecule has 0 bridgehead atoms. The number of carbonyl (C=O) groups is 3. The standard InChI is InChI=1S/C24H24FN3O3/c1-2-3-11-28-21(29)19-18(12-14-7-5-4-6-8-14)27-24(20(19)22(28)30)16-13-15(25)9-10-17(16)26-23(24)31/h4-10,13,18-20,27H,2-3,11-12H2,1H3,(H,26,31)/t18-,19+,20-,24+/m0/s1. The van der Waals surface area contributed by atoms with Crippen LogP contribution in [0.5, 0.6) is 0 Å². The van der Waals surface area contributed by atoms with Gasteiger partial charge in [-0.1, -0.05) is 43.7 Å². The Kier molecular flexibility index (Phi) is 4.66. The Balaban J connectivity index is 1.62. The molecule has 3 amide bonds. The predicted octanol–water partition coefficient (Wildman–Crippen LogP) is 2.59. The summed E-state index contributed by atoms with van der Waals surface area (Å²) in [5.41, 5.74) is 0.433. The summed E-state index contributed by atoms with van der Waals surface area (Å²) >= 11 is 0. The zero-order valence-corrected chi connectivity index (χ0v) is 17.2. The predicted molar refractivity (Wildman–Crippen MR) is 112 cm³/mol. The molecule has 2 aromatic carbocycles. The summed E-state index contributed by atoms with van der Waals surface area (Å²) in [5.74, 6) is -3.06. The summed E-state index contributed by atoms with van der Waals surface area (Å²) < 4.78 is 14.2. The molecule has 2 aromatic rings. The van der Waals surface area contributed by atoms with Crippen LogP contribution in [0, 0.1) is 17.7 Å². The normalized spacial score (nSPS) is 28.9. The molecule has 2 saturated heterocycles. The topological polar surface area (TPSA) is 78.5 Å². The summed E-state index contributed by atoms with van der Waals surface area (Å²) in [4.78, 5) is 41.5. The number of carbonyl (C=O) groups excluding carboxylic acids is 3. The van der Waals surface area contributed by atoms with Gasteiger partial charge in [0, 0.05) is 23.8 Å². The van der Waals surface area contributed by atoms with Gasteiger partial charge in [0.2, 0.25) is 17.7 Å². The first-order chi connectivity index (χ1) is 15.0. The summed E-state index contributed by atoms with van der Waals surface area (Å²) in [6.07, 6.45) is 2.04. The van der Waals surface area contributed by atoms with Gasteiger partial charge in [0.1, 0.15) is 11.4 Å². The van der Waals surface area contributed by atoms with Crippen molar-refractivity contribution in [3.8, 4) is 0 Å². The lowest BCUT2D eigenvalue weighted by Gasteiger charge is -2.29. The van der Waals surface area contributed by atoms with Crippen LogP contribution in [0.15, 0.2) is 48.5 Å². The fraction of sp³-hybridized carbons (Fsp3) is 0.375. The van der Waals surface area contributed by atoms with Crippen LogP contribution < -0.4 is 10.6 Å². The zero-order valence-electron chi connectivity index (χ0n) is 17.2. The average Bonchev–Trinajstić information content (AvgIpc) is 3.33. The molecule has 2 N–H and O–H groups in total. The molecule has 2 fully saturated rings. The molecule has 31 heavy (non-hydrogen) atoms. The first kappa shape index (κ1) is 19.9. The van der Waals surface area contributed by atoms with Crippen molar-refractivity contribution in [3.05, 3.63) is 65.5 Å². The monoisotopic (exact) mass is 421 g/mol. The average molecular weight is 421 g/mol. The maximum absolute atomic E-state index is 14.2. The molecule has 0 aliphatic carbocycles. The second kappa shape index (κ2) is 7.27. The van der Waals surface area contributed by atoms with Crippen molar-refractivity contribution in [2.75, 3.05) is 11.9 Å². The van der Waals surface area contributed by atoms with Gasteiger partial charge in [-0.25, -0.2) is 4.39 Å². The van der Waals surface area contributed by atoms with E-state index in [1.54, 1.807) is 0 Å². The molecule has 6 nitrogen and oxygen atoms in total. The molecule has 4 atom stereocenters. The summed E-state index contributed by atoms with van der Waals surface area (Å²) in [6, 6.07) is 13.3. The number of rotatable bonds is 5. The molecule has 160 valence electrons. The molecule has 5 rings (SSSR count). The highest BCUT2D eigenvalue weighted by molar-refractivity contribution is 6.15. The van der Waals surface area contributed by atoms with Gasteiger partial charge >= 0.3 is 0 Å². The number of anilines is 1. The molecular weight excluding hydrogens is 397 g/mol. The quantitative estimate of drug-likeness (QED) is 0.728. The van der Waals surface area contributed by atoms with Crippen molar-refractivity contribution in [1.29, 1.82) is 0 Å². The number of likely N-dealkylation sites (tertiary alicyclic amines) is 1. The molecule has 7 heteroatoms. The van der Waals surface area contributed by atoms with E-state index >= 15 is 0 Å². The van der Waals surface area contributed by atoms with Gasteiger partial charge in [0.25, 0.3) is 0 Å². The van der Waals surface area contributed by atoms with Gasteiger partial charge < -0.3 is 5.32 Å². The van der Waals surface area contributed by atoms with E-state index in [0.29, 0.717) is 30.6 Å². The molecular formula is C24H24FN3O3. The van der Waals surface area contributed by atoms with Crippen LogP contribution in [0.4, 0.5) is 10.1 Å². The lowest BCUT2D eigenvalue weighted by atomic mass is 9.76. The minimum absolute atomic E-state index is 0.244. The number of hydrogen-bond acceptors (Lipinski definition) is 4. The van der Waals surface area contributed by atoms with E-state index < -0.39 is 35.1 Å². The Bertz CT molecular complexity index is 1070. The Morgan fingerprint density at radius 1 is 1.06 bits per heavy atom. The van der Waals surface area contributed by atoms with Crippen molar-refractivity contribution >= 4 is 23.4 Å². The third-order valence-electron chi connectivity index (χ3n) is 6.80. The minimum atomic E-state index is -1.45. The number of imide groups is 1. The van der Waals surface area contributed by atoms with E-state index in [4.69, 9.17) is 0 Å². The van der Waals surface area contributed by atoms with Gasteiger partial charge in [0.05, 0.1) is 11.8 Å². The second-order valence-electron chi connectivity index (χ2n) is 8.58. The molecule has 3 aliphatic heterocycles. The fourth-order valence-corrected chi connectivity index (χ4v) is 5.41. The smallest absolute Gasteiger partial charge is 0.250 e. The molecule has 0 radical (unpaired) electrons. The lowest BCUT2D eigenvalue weighted by molar-refractivity contribution is -0.142. The van der Waals surface area contributed by atoms with E-state index in [1.165, 1.54) is 23.1 Å². The van der Waals surface area contributed by atoms with E-state index in [2.05, 4.69) is 10.6 Å². The van der Waals surface area contributed by atoms with Crippen LogP contribution in [0.1, 0.15) is 30.9 Å². The Morgan fingerprint density at radius 3 is 2.58 bits per heavy atom. The van der Waals surface area contributed by atoms with Crippen LogP contribution in [0.3, 0.4) is 0 Å². The van der Waals surface area contributed by atoms with E-state index in [-0.39, 0.29) is 11.8 Å². The number of nitrogens with one attached hydrogen (secondary N) is 2. The number of halogens is 1. The molecule has 3 aliphatic rings. The molecule has 0 aromatic heterocycles. The highest BCUT2D eigenvalue weighted by atomic mass is 19.1. The van der Waals surface area contributed by atoms with Crippen molar-refractivity contribution in [2.24, 2.45) is 11.8 Å². The fourth-order valence-electron chi connectivity index (χ4n) is 5.41. The van der Waals surface area contributed by atoms with Crippen LogP contribution in [0.2, 0.25) is 0 Å². The van der Waals surface area contributed by atoms with Crippen LogP contribution >= 0.6 is 0 Å². The third-order valence-corrected chi connectivity index (χ3v) is 6.80. The second-order valence-corrected chi connectivity index (χ2v) is 8.58. The van der Waals surface area contributed by atoms with Crippen LogP contribution in [-0.4, -0.2) is 35.2 Å². The number of benzene rings is 2. The Labute approximate surface area is 179 Å². The zero-order chi connectivity index (χ0) is 21.8.